The van der Waals surface area contributed by atoms with Crippen molar-refractivity contribution in [2.45, 2.75) is 13.0 Å². The predicted octanol–water partition coefficient (Wildman–Crippen LogP) is 4.02. The number of hydrogen-bond donors (Lipinski definition) is 1. The predicted molar refractivity (Wildman–Crippen MR) is 74.7 cm³/mol. The van der Waals surface area contributed by atoms with Gasteiger partial charge in [-0.15, -0.1) is 11.3 Å². The Kier molecular flexibility index (Phi) is 3.79. The highest BCUT2D eigenvalue weighted by atomic mass is 79.9. The highest BCUT2D eigenvalue weighted by Crippen LogP contribution is 2.29. The molecule has 2 heterocycles. The van der Waals surface area contributed by atoms with E-state index in [1.54, 1.807) is 17.5 Å². The Morgan fingerprint density at radius 3 is 2.69 bits per heavy atom. The van der Waals surface area contributed by atoms with Gasteiger partial charge in [0.15, 0.2) is 0 Å². The van der Waals surface area contributed by atoms with Crippen LogP contribution in [0.3, 0.4) is 0 Å². The normalized spacial score (nSPS) is 12.8. The molecule has 1 atom stereocenters. The van der Waals surface area contributed by atoms with Crippen LogP contribution in [0, 0.1) is 6.92 Å². The Bertz CT molecular complexity index is 510. The van der Waals surface area contributed by atoms with Gasteiger partial charge in [0.2, 0.25) is 0 Å². The van der Waals surface area contributed by atoms with Crippen molar-refractivity contribution >= 4 is 43.2 Å². The zero-order valence-electron chi connectivity index (χ0n) is 8.58. The van der Waals surface area contributed by atoms with Gasteiger partial charge in [0, 0.05) is 20.0 Å². The van der Waals surface area contributed by atoms with Gasteiger partial charge in [0.25, 0.3) is 0 Å². The summed E-state index contributed by atoms with van der Waals surface area (Å²) in [7, 11) is 0. The minimum Gasteiger partial charge on any atom is -0.319 e. The van der Waals surface area contributed by atoms with E-state index in [1.165, 1.54) is 4.88 Å². The minimum atomic E-state index is -0.174. The third-order valence-electron chi connectivity index (χ3n) is 2.24. The number of thiophene rings is 1. The van der Waals surface area contributed by atoms with Gasteiger partial charge in [0.1, 0.15) is 0 Å². The zero-order valence-corrected chi connectivity index (χ0v) is 12.6. The Hall–Kier alpha value is -0.230. The Labute approximate surface area is 115 Å². The van der Waals surface area contributed by atoms with Crippen molar-refractivity contribution < 1.29 is 0 Å². The van der Waals surface area contributed by atoms with Gasteiger partial charge in [0.05, 0.1) is 11.7 Å². The first-order valence-electron chi connectivity index (χ1n) is 4.69. The summed E-state index contributed by atoms with van der Waals surface area (Å²) in [6.45, 7) is 2.07. The van der Waals surface area contributed by atoms with E-state index in [4.69, 9.17) is 5.73 Å². The number of aromatic nitrogens is 1. The average molecular weight is 362 g/mol. The molecule has 2 N–H and O–H groups in total. The number of rotatable bonds is 2. The molecule has 2 nitrogen and oxygen atoms in total. The van der Waals surface area contributed by atoms with Crippen molar-refractivity contribution in [2.24, 2.45) is 5.73 Å². The molecule has 84 valence electrons. The van der Waals surface area contributed by atoms with Gasteiger partial charge in [-0.1, -0.05) is 0 Å². The van der Waals surface area contributed by atoms with Crippen LogP contribution < -0.4 is 5.73 Å². The van der Waals surface area contributed by atoms with E-state index >= 15 is 0 Å². The molecule has 1 unspecified atom stereocenters. The molecule has 0 spiro atoms. The van der Waals surface area contributed by atoms with E-state index in [1.807, 2.05) is 6.07 Å². The summed E-state index contributed by atoms with van der Waals surface area (Å²) in [4.78, 5) is 5.61. The first-order valence-corrected chi connectivity index (χ1v) is 7.16. The van der Waals surface area contributed by atoms with Crippen LogP contribution in [0.2, 0.25) is 0 Å². The molecule has 0 saturated heterocycles. The van der Waals surface area contributed by atoms with E-state index in [-0.39, 0.29) is 6.04 Å². The van der Waals surface area contributed by atoms with E-state index in [9.17, 15) is 0 Å². The van der Waals surface area contributed by atoms with Crippen molar-refractivity contribution in [3.8, 4) is 0 Å². The lowest BCUT2D eigenvalue weighted by Gasteiger charge is -2.11. The first kappa shape index (κ1) is 12.2. The minimum absolute atomic E-state index is 0.174. The van der Waals surface area contributed by atoms with E-state index in [0.717, 1.165) is 20.2 Å². The summed E-state index contributed by atoms with van der Waals surface area (Å²) >= 11 is 8.56. The summed E-state index contributed by atoms with van der Waals surface area (Å²) in [6.07, 6.45) is 1.76. The van der Waals surface area contributed by atoms with Gasteiger partial charge >= 0.3 is 0 Å². The maximum Gasteiger partial charge on any atom is 0.0759 e. The average Bonchev–Trinajstić information content (AvgIpc) is 2.64. The molecule has 2 aromatic heterocycles. The van der Waals surface area contributed by atoms with Crippen LogP contribution in [0.25, 0.3) is 0 Å². The Balaban J connectivity index is 2.37. The largest absolute Gasteiger partial charge is 0.319 e. The van der Waals surface area contributed by atoms with E-state index in [2.05, 4.69) is 55.2 Å². The highest BCUT2D eigenvalue weighted by molar-refractivity contribution is 9.11. The molecule has 0 aliphatic carbocycles. The molecule has 0 radical (unpaired) electrons. The fourth-order valence-electron chi connectivity index (χ4n) is 1.44. The topological polar surface area (TPSA) is 38.9 Å². The SMILES string of the molecule is Cc1cc(C(N)c2ncc(Br)cc2Br)cs1. The zero-order chi connectivity index (χ0) is 11.7. The number of pyridine rings is 1. The smallest absolute Gasteiger partial charge is 0.0759 e. The Morgan fingerprint density at radius 1 is 1.38 bits per heavy atom. The molecule has 0 aliphatic heterocycles. The van der Waals surface area contributed by atoms with Gasteiger partial charge in [-0.2, -0.15) is 0 Å². The van der Waals surface area contributed by atoms with E-state index in [0.29, 0.717) is 0 Å². The third kappa shape index (κ3) is 2.53. The van der Waals surface area contributed by atoms with Crippen LogP contribution in [-0.2, 0) is 0 Å². The van der Waals surface area contributed by atoms with Crippen LogP contribution >= 0.6 is 43.2 Å². The van der Waals surface area contributed by atoms with Crippen LogP contribution in [0.1, 0.15) is 22.2 Å². The second kappa shape index (κ2) is 4.96. The van der Waals surface area contributed by atoms with Crippen molar-refractivity contribution in [1.29, 1.82) is 0 Å². The third-order valence-corrected chi connectivity index (χ3v) is 4.19. The number of aryl methyl sites for hydroxylation is 1. The molecule has 0 fully saturated rings. The second-order valence-electron chi connectivity index (χ2n) is 3.49. The lowest BCUT2D eigenvalue weighted by molar-refractivity contribution is 0.824. The lowest BCUT2D eigenvalue weighted by atomic mass is 10.1. The number of nitrogens with two attached hydrogens (primary N) is 1. The fraction of sp³-hybridized carbons (Fsp3) is 0.182. The van der Waals surface area contributed by atoms with Crippen molar-refractivity contribution in [3.63, 3.8) is 0 Å². The summed E-state index contributed by atoms with van der Waals surface area (Å²) < 4.78 is 1.87. The molecular formula is C11H10Br2N2S. The quantitative estimate of drug-likeness (QED) is 0.877. The van der Waals surface area contributed by atoms with Crippen LogP contribution in [-0.4, -0.2) is 4.98 Å². The lowest BCUT2D eigenvalue weighted by Crippen LogP contribution is -2.13. The second-order valence-corrected chi connectivity index (χ2v) is 6.37. The standard InChI is InChI=1S/C11H10Br2N2S/c1-6-2-7(5-16-6)10(14)11-9(13)3-8(12)4-15-11/h2-5,10H,14H2,1H3. The maximum atomic E-state index is 6.18. The molecule has 0 amide bonds. The monoisotopic (exact) mass is 360 g/mol. The van der Waals surface area contributed by atoms with Crippen LogP contribution in [0.4, 0.5) is 0 Å². The fourth-order valence-corrected chi connectivity index (χ4v) is 3.41. The molecule has 0 aromatic carbocycles. The maximum absolute atomic E-state index is 6.18. The molecule has 2 aromatic rings. The number of halogens is 2. The molecule has 0 aliphatic rings. The summed E-state index contributed by atoms with van der Waals surface area (Å²) in [5, 5.41) is 2.08. The molecule has 16 heavy (non-hydrogen) atoms. The molecule has 2 rings (SSSR count). The summed E-state index contributed by atoms with van der Waals surface area (Å²) in [5.41, 5.74) is 8.15. The summed E-state index contributed by atoms with van der Waals surface area (Å²) in [6, 6.07) is 3.89. The molecule has 0 saturated carbocycles. The van der Waals surface area contributed by atoms with E-state index < -0.39 is 0 Å². The van der Waals surface area contributed by atoms with Gasteiger partial charge in [-0.3, -0.25) is 4.98 Å². The summed E-state index contributed by atoms with van der Waals surface area (Å²) in [5.74, 6) is 0. The molecular weight excluding hydrogens is 352 g/mol. The number of nitrogens with zero attached hydrogens (tertiary/aromatic N) is 1. The van der Waals surface area contributed by atoms with Gasteiger partial charge < -0.3 is 5.73 Å². The highest BCUT2D eigenvalue weighted by Gasteiger charge is 2.15. The Morgan fingerprint density at radius 2 is 2.12 bits per heavy atom. The van der Waals surface area contributed by atoms with Gasteiger partial charge in [-0.05, 0) is 61.9 Å². The molecule has 0 bridgehead atoms. The van der Waals surface area contributed by atoms with Gasteiger partial charge in [-0.25, -0.2) is 0 Å². The van der Waals surface area contributed by atoms with Crippen LogP contribution in [0.15, 0.2) is 32.7 Å². The van der Waals surface area contributed by atoms with Crippen molar-refractivity contribution in [2.75, 3.05) is 0 Å². The van der Waals surface area contributed by atoms with Crippen molar-refractivity contribution in [3.05, 3.63) is 48.8 Å². The van der Waals surface area contributed by atoms with Crippen molar-refractivity contribution in [1.82, 2.24) is 4.98 Å². The molecule has 5 heteroatoms. The van der Waals surface area contributed by atoms with Crippen LogP contribution in [0.5, 0.6) is 0 Å². The number of hydrogen-bond acceptors (Lipinski definition) is 3. The first-order chi connectivity index (χ1) is 7.58.